The Bertz CT molecular complexity index is 155. The molecule has 0 aromatic carbocycles. The van der Waals surface area contributed by atoms with E-state index in [9.17, 15) is 5.11 Å². The zero-order valence-corrected chi connectivity index (χ0v) is 9.38. The van der Waals surface area contributed by atoms with E-state index < -0.39 is 5.60 Å². The third-order valence-electron chi connectivity index (χ3n) is 3.67. The third kappa shape index (κ3) is 2.05. The summed E-state index contributed by atoms with van der Waals surface area (Å²) in [5.74, 6) is 0.472. The van der Waals surface area contributed by atoms with Gasteiger partial charge < -0.3 is 10.0 Å². The monoisotopic (exact) mass is 185 g/mol. The number of hydrogen-bond acceptors (Lipinski definition) is 2. The molecule has 0 aromatic heterocycles. The SMILES string of the molecule is CCC(CC)C1(O)CC(C)N(C)C1. The Morgan fingerprint density at radius 1 is 1.46 bits per heavy atom. The number of hydrogen-bond donors (Lipinski definition) is 1. The first-order valence-corrected chi connectivity index (χ1v) is 5.46. The average Bonchev–Trinajstić information content (AvgIpc) is 2.29. The highest BCUT2D eigenvalue weighted by Crippen LogP contribution is 2.35. The molecule has 1 aliphatic rings. The van der Waals surface area contributed by atoms with E-state index in [1.54, 1.807) is 0 Å². The van der Waals surface area contributed by atoms with Crippen LogP contribution in [0.3, 0.4) is 0 Å². The van der Waals surface area contributed by atoms with Crippen molar-refractivity contribution in [3.8, 4) is 0 Å². The summed E-state index contributed by atoms with van der Waals surface area (Å²) >= 11 is 0. The van der Waals surface area contributed by atoms with Gasteiger partial charge >= 0.3 is 0 Å². The summed E-state index contributed by atoms with van der Waals surface area (Å²) in [4.78, 5) is 2.26. The fourth-order valence-electron chi connectivity index (χ4n) is 2.66. The lowest BCUT2D eigenvalue weighted by Crippen LogP contribution is -2.39. The largest absolute Gasteiger partial charge is 0.388 e. The number of likely N-dealkylation sites (tertiary alicyclic amines) is 1. The van der Waals surface area contributed by atoms with Gasteiger partial charge in [0.05, 0.1) is 5.60 Å². The highest BCUT2D eigenvalue weighted by atomic mass is 16.3. The Kier molecular flexibility index (Phi) is 3.36. The van der Waals surface area contributed by atoms with Gasteiger partial charge in [-0.15, -0.1) is 0 Å². The van der Waals surface area contributed by atoms with E-state index in [1.165, 1.54) is 0 Å². The van der Waals surface area contributed by atoms with Crippen LogP contribution in [0.15, 0.2) is 0 Å². The lowest BCUT2D eigenvalue weighted by molar-refractivity contribution is -0.0109. The van der Waals surface area contributed by atoms with Crippen molar-refractivity contribution < 1.29 is 5.11 Å². The summed E-state index contributed by atoms with van der Waals surface area (Å²) in [5, 5.41) is 10.5. The maximum Gasteiger partial charge on any atom is 0.0816 e. The second-order valence-corrected chi connectivity index (χ2v) is 4.59. The molecule has 0 saturated carbocycles. The molecule has 78 valence electrons. The van der Waals surface area contributed by atoms with Gasteiger partial charge in [0.1, 0.15) is 0 Å². The van der Waals surface area contributed by atoms with E-state index in [2.05, 4.69) is 32.7 Å². The summed E-state index contributed by atoms with van der Waals surface area (Å²) in [5.41, 5.74) is -0.419. The molecule has 1 aliphatic heterocycles. The van der Waals surface area contributed by atoms with Crippen LogP contribution in [0.4, 0.5) is 0 Å². The van der Waals surface area contributed by atoms with Crippen LogP contribution in [-0.4, -0.2) is 35.2 Å². The molecule has 0 spiro atoms. The zero-order valence-electron chi connectivity index (χ0n) is 9.38. The second kappa shape index (κ2) is 3.97. The van der Waals surface area contributed by atoms with E-state index >= 15 is 0 Å². The molecule has 1 fully saturated rings. The number of likely N-dealkylation sites (N-methyl/N-ethyl adjacent to an activating group) is 1. The van der Waals surface area contributed by atoms with Gasteiger partial charge in [0.25, 0.3) is 0 Å². The zero-order chi connectivity index (χ0) is 10.1. The minimum Gasteiger partial charge on any atom is -0.388 e. The molecule has 2 nitrogen and oxygen atoms in total. The Balaban J connectivity index is 2.66. The fraction of sp³-hybridized carbons (Fsp3) is 1.00. The van der Waals surface area contributed by atoms with E-state index in [0.717, 1.165) is 25.8 Å². The van der Waals surface area contributed by atoms with Crippen LogP contribution in [-0.2, 0) is 0 Å². The molecule has 2 heteroatoms. The fourth-order valence-corrected chi connectivity index (χ4v) is 2.66. The van der Waals surface area contributed by atoms with E-state index in [4.69, 9.17) is 0 Å². The molecule has 13 heavy (non-hydrogen) atoms. The van der Waals surface area contributed by atoms with E-state index in [1.807, 2.05) is 0 Å². The molecule has 2 unspecified atom stereocenters. The van der Waals surface area contributed by atoms with E-state index in [0.29, 0.717) is 12.0 Å². The van der Waals surface area contributed by atoms with Crippen molar-refractivity contribution in [1.82, 2.24) is 4.90 Å². The normalized spacial score (nSPS) is 36.0. The molecule has 0 aliphatic carbocycles. The Labute approximate surface area is 81.9 Å². The number of aliphatic hydroxyl groups is 1. The molecule has 0 radical (unpaired) electrons. The van der Waals surface area contributed by atoms with Gasteiger partial charge in [-0.05, 0) is 26.3 Å². The number of nitrogens with zero attached hydrogens (tertiary/aromatic N) is 1. The van der Waals surface area contributed by atoms with Crippen LogP contribution < -0.4 is 0 Å². The molecule has 0 bridgehead atoms. The summed E-state index contributed by atoms with van der Waals surface area (Å²) in [6.07, 6.45) is 3.12. The van der Waals surface area contributed by atoms with Crippen LogP contribution in [0.2, 0.25) is 0 Å². The quantitative estimate of drug-likeness (QED) is 0.725. The maximum absolute atomic E-state index is 10.5. The number of rotatable bonds is 3. The first-order valence-electron chi connectivity index (χ1n) is 5.46. The topological polar surface area (TPSA) is 23.5 Å². The van der Waals surface area contributed by atoms with Crippen LogP contribution in [0.25, 0.3) is 0 Å². The van der Waals surface area contributed by atoms with Gasteiger partial charge in [-0.2, -0.15) is 0 Å². The van der Waals surface area contributed by atoms with Crippen LogP contribution >= 0.6 is 0 Å². The van der Waals surface area contributed by atoms with Crippen molar-refractivity contribution in [2.24, 2.45) is 5.92 Å². The Morgan fingerprint density at radius 3 is 2.31 bits per heavy atom. The van der Waals surface area contributed by atoms with Crippen molar-refractivity contribution >= 4 is 0 Å². The summed E-state index contributed by atoms with van der Waals surface area (Å²) < 4.78 is 0. The van der Waals surface area contributed by atoms with Gasteiger partial charge in [-0.3, -0.25) is 0 Å². The van der Waals surface area contributed by atoms with Crippen LogP contribution in [0.1, 0.15) is 40.0 Å². The molecule has 0 aromatic rings. The molecule has 1 N–H and O–H groups in total. The smallest absolute Gasteiger partial charge is 0.0816 e. The molecule has 0 amide bonds. The average molecular weight is 185 g/mol. The minimum atomic E-state index is -0.419. The highest BCUT2D eigenvalue weighted by molar-refractivity contribution is 4.97. The standard InChI is InChI=1S/C11H23NO/c1-5-10(6-2)11(13)7-9(3)12(4)8-11/h9-10,13H,5-8H2,1-4H3. The van der Waals surface area contributed by atoms with Crippen molar-refractivity contribution in [3.05, 3.63) is 0 Å². The Morgan fingerprint density at radius 2 is 2.00 bits per heavy atom. The molecular weight excluding hydrogens is 162 g/mol. The van der Waals surface area contributed by atoms with Crippen LogP contribution in [0, 0.1) is 5.92 Å². The van der Waals surface area contributed by atoms with Gasteiger partial charge in [0.15, 0.2) is 0 Å². The summed E-state index contributed by atoms with van der Waals surface area (Å²) in [7, 11) is 2.10. The van der Waals surface area contributed by atoms with Crippen molar-refractivity contribution in [2.45, 2.75) is 51.7 Å². The summed E-state index contributed by atoms with van der Waals surface area (Å²) in [6, 6.07) is 0.533. The Hall–Kier alpha value is -0.0800. The molecule has 1 saturated heterocycles. The first-order chi connectivity index (χ1) is 6.03. The lowest BCUT2D eigenvalue weighted by atomic mass is 9.82. The maximum atomic E-state index is 10.5. The molecule has 1 rings (SSSR count). The molecule has 2 atom stereocenters. The van der Waals surface area contributed by atoms with E-state index in [-0.39, 0.29) is 0 Å². The van der Waals surface area contributed by atoms with Crippen molar-refractivity contribution in [3.63, 3.8) is 0 Å². The predicted octanol–water partition coefficient (Wildman–Crippen LogP) is 1.88. The predicted molar refractivity (Wildman–Crippen MR) is 55.7 cm³/mol. The molecule has 1 heterocycles. The van der Waals surface area contributed by atoms with Gasteiger partial charge in [-0.25, -0.2) is 0 Å². The summed E-state index contributed by atoms with van der Waals surface area (Å²) in [6.45, 7) is 7.39. The third-order valence-corrected chi connectivity index (χ3v) is 3.67. The van der Waals surface area contributed by atoms with Gasteiger partial charge in [0, 0.05) is 12.6 Å². The van der Waals surface area contributed by atoms with Crippen molar-refractivity contribution in [1.29, 1.82) is 0 Å². The second-order valence-electron chi connectivity index (χ2n) is 4.59. The van der Waals surface area contributed by atoms with Crippen molar-refractivity contribution in [2.75, 3.05) is 13.6 Å². The first kappa shape index (κ1) is 11.0. The number of β-amino-alcohol motifs (C(OH)–C–C–N with tert-alkyl or cyclic N) is 1. The van der Waals surface area contributed by atoms with Crippen LogP contribution in [0.5, 0.6) is 0 Å². The lowest BCUT2D eigenvalue weighted by Gasteiger charge is -2.31. The minimum absolute atomic E-state index is 0.419. The van der Waals surface area contributed by atoms with Gasteiger partial charge in [-0.1, -0.05) is 26.7 Å². The molecular formula is C11H23NO. The van der Waals surface area contributed by atoms with Gasteiger partial charge in [0.2, 0.25) is 0 Å². The highest BCUT2D eigenvalue weighted by Gasteiger charge is 2.43.